The molecule has 0 spiro atoms. The smallest absolute Gasteiger partial charge is 0.0111 e. The molecule has 3 aromatic carbocycles. The molecule has 0 aliphatic rings. The summed E-state index contributed by atoms with van der Waals surface area (Å²) in [6.07, 6.45) is 17.7. The molecule has 0 aliphatic carbocycles. The first-order chi connectivity index (χ1) is 15.8. The van der Waals surface area contributed by atoms with Crippen LogP contribution < -0.4 is 0 Å². The van der Waals surface area contributed by atoms with Gasteiger partial charge in [0.05, 0.1) is 0 Å². The molecule has 0 saturated heterocycles. The van der Waals surface area contributed by atoms with E-state index in [9.17, 15) is 0 Å². The van der Waals surface area contributed by atoms with Crippen LogP contribution in [0.2, 0.25) is 0 Å². The summed E-state index contributed by atoms with van der Waals surface area (Å²) in [5, 5.41) is 0. The van der Waals surface area contributed by atoms with Crippen LogP contribution in [0.3, 0.4) is 0 Å². The van der Waals surface area contributed by atoms with E-state index in [1.165, 1.54) is 11.1 Å². The van der Waals surface area contributed by atoms with Crippen LogP contribution in [0.5, 0.6) is 0 Å². The van der Waals surface area contributed by atoms with Crippen molar-refractivity contribution in [1.82, 2.24) is 0 Å². The molecule has 158 valence electrons. The zero-order valence-corrected chi connectivity index (χ0v) is 18.5. The van der Waals surface area contributed by atoms with Crippen molar-refractivity contribution in [2.45, 2.75) is 0 Å². The van der Waals surface area contributed by atoms with E-state index in [4.69, 9.17) is 0 Å². The van der Waals surface area contributed by atoms with E-state index in [-0.39, 0.29) is 0 Å². The maximum Gasteiger partial charge on any atom is -0.0111 e. The standard InChI is InChI=1S/C24H22.C8H8/c1-3-5-15-23(20-19-21-13-9-7-10-14-21)24(18-6-4-2)22-16-11-8-12-17-22;1-2-8-6-4-3-5-7-8/h3-20H,1-2H2;2-7H,1H2. The fraction of sp³-hybridized carbons (Fsp3) is 0. The van der Waals surface area contributed by atoms with Gasteiger partial charge in [0.1, 0.15) is 0 Å². The van der Waals surface area contributed by atoms with Crippen LogP contribution >= 0.6 is 0 Å². The molecule has 0 N–H and O–H groups in total. The zero-order chi connectivity index (χ0) is 22.9. The maximum absolute atomic E-state index is 3.78. The van der Waals surface area contributed by atoms with Crippen molar-refractivity contribution in [3.05, 3.63) is 176 Å². The Bertz CT molecular complexity index is 1080. The Balaban J connectivity index is 0.000000380. The van der Waals surface area contributed by atoms with Gasteiger partial charge in [0.2, 0.25) is 0 Å². The van der Waals surface area contributed by atoms with Crippen LogP contribution in [-0.4, -0.2) is 0 Å². The SMILES string of the molecule is C=CC=CC(C=Cc1ccccc1)=C(C=CC=C)c1ccccc1.C=Cc1ccccc1. The third-order valence-corrected chi connectivity index (χ3v) is 4.50. The van der Waals surface area contributed by atoms with E-state index in [1.54, 1.807) is 12.2 Å². The van der Waals surface area contributed by atoms with Crippen LogP contribution in [0, 0.1) is 0 Å². The summed E-state index contributed by atoms with van der Waals surface area (Å²) in [5.41, 5.74) is 5.76. The molecule has 0 saturated carbocycles. The molecule has 0 bridgehead atoms. The lowest BCUT2D eigenvalue weighted by Crippen LogP contribution is -1.86. The largest absolute Gasteiger partial charge is 0.0991 e. The quantitative estimate of drug-likeness (QED) is 0.323. The molecule has 0 heterocycles. The fourth-order valence-electron chi connectivity index (χ4n) is 2.89. The molecule has 0 aromatic heterocycles. The van der Waals surface area contributed by atoms with Gasteiger partial charge in [-0.3, -0.25) is 0 Å². The predicted molar refractivity (Wildman–Crippen MR) is 144 cm³/mol. The second-order valence-corrected chi connectivity index (χ2v) is 6.78. The molecule has 0 amide bonds. The summed E-state index contributed by atoms with van der Waals surface area (Å²) in [6.45, 7) is 11.2. The third kappa shape index (κ3) is 8.69. The van der Waals surface area contributed by atoms with Gasteiger partial charge in [-0.25, -0.2) is 0 Å². The summed E-state index contributed by atoms with van der Waals surface area (Å²) in [5.74, 6) is 0. The summed E-state index contributed by atoms with van der Waals surface area (Å²) >= 11 is 0. The lowest BCUT2D eigenvalue weighted by atomic mass is 9.97. The molecule has 0 radical (unpaired) electrons. The van der Waals surface area contributed by atoms with E-state index in [0.717, 1.165) is 16.7 Å². The highest BCUT2D eigenvalue weighted by atomic mass is 14.1. The van der Waals surface area contributed by atoms with Crippen LogP contribution in [0.25, 0.3) is 17.7 Å². The molecule has 3 rings (SSSR count). The minimum atomic E-state index is 1.11. The predicted octanol–water partition coefficient (Wildman–Crippen LogP) is 8.97. The normalized spacial score (nSPS) is 11.6. The van der Waals surface area contributed by atoms with Crippen molar-refractivity contribution in [3.63, 3.8) is 0 Å². The molecule has 32 heavy (non-hydrogen) atoms. The first-order valence-corrected chi connectivity index (χ1v) is 10.6. The zero-order valence-electron chi connectivity index (χ0n) is 18.5. The minimum absolute atomic E-state index is 1.11. The average molecular weight is 415 g/mol. The van der Waals surface area contributed by atoms with Crippen molar-refractivity contribution in [2.75, 3.05) is 0 Å². The summed E-state index contributed by atoms with van der Waals surface area (Å²) in [6, 6.07) is 30.7. The van der Waals surface area contributed by atoms with Crippen molar-refractivity contribution in [2.24, 2.45) is 0 Å². The third-order valence-electron chi connectivity index (χ3n) is 4.50. The molecule has 3 aromatic rings. The van der Waals surface area contributed by atoms with E-state index < -0.39 is 0 Å². The Morgan fingerprint density at radius 1 is 0.531 bits per heavy atom. The van der Waals surface area contributed by atoms with E-state index in [1.807, 2.05) is 85.0 Å². The Kier molecular flexibility index (Phi) is 11.1. The second kappa shape index (κ2) is 14.8. The van der Waals surface area contributed by atoms with Crippen molar-refractivity contribution < 1.29 is 0 Å². The summed E-state index contributed by atoms with van der Waals surface area (Å²) in [7, 11) is 0. The molecule has 0 atom stereocenters. The van der Waals surface area contributed by atoms with Crippen molar-refractivity contribution in [3.8, 4) is 0 Å². The molecule has 0 fully saturated rings. The second-order valence-electron chi connectivity index (χ2n) is 6.78. The average Bonchev–Trinajstić information content (AvgIpc) is 2.87. The summed E-state index contributed by atoms with van der Waals surface area (Å²) in [4.78, 5) is 0. The number of rotatable bonds is 8. The molecule has 0 unspecified atom stereocenters. The highest BCUT2D eigenvalue weighted by molar-refractivity contribution is 5.82. The van der Waals surface area contributed by atoms with Crippen molar-refractivity contribution in [1.29, 1.82) is 0 Å². The van der Waals surface area contributed by atoms with Gasteiger partial charge >= 0.3 is 0 Å². The fourth-order valence-corrected chi connectivity index (χ4v) is 2.89. The number of allylic oxidation sites excluding steroid dienone is 9. The number of hydrogen-bond donors (Lipinski definition) is 0. The number of benzene rings is 3. The molecular weight excluding hydrogens is 384 g/mol. The van der Waals surface area contributed by atoms with Crippen molar-refractivity contribution >= 4 is 17.7 Å². The highest BCUT2D eigenvalue weighted by Gasteiger charge is 2.02. The molecular formula is C32H30. The van der Waals surface area contributed by atoms with Gasteiger partial charge in [-0.15, -0.1) is 0 Å². The van der Waals surface area contributed by atoms with Crippen LogP contribution in [0.15, 0.2) is 159 Å². The Labute approximate surface area is 193 Å². The first kappa shape index (κ1) is 24.1. The van der Waals surface area contributed by atoms with Gasteiger partial charge in [0, 0.05) is 0 Å². The lowest BCUT2D eigenvalue weighted by Gasteiger charge is -2.07. The van der Waals surface area contributed by atoms with Gasteiger partial charge in [-0.1, -0.05) is 165 Å². The van der Waals surface area contributed by atoms with Gasteiger partial charge < -0.3 is 0 Å². The van der Waals surface area contributed by atoms with E-state index in [0.29, 0.717) is 0 Å². The van der Waals surface area contributed by atoms with Crippen LogP contribution in [0.1, 0.15) is 16.7 Å². The molecule has 0 heteroatoms. The summed E-state index contributed by atoms with van der Waals surface area (Å²) < 4.78 is 0. The maximum atomic E-state index is 3.78. The van der Waals surface area contributed by atoms with Gasteiger partial charge in [-0.2, -0.15) is 0 Å². The van der Waals surface area contributed by atoms with Crippen LogP contribution in [-0.2, 0) is 0 Å². The Morgan fingerprint density at radius 2 is 1.03 bits per heavy atom. The van der Waals surface area contributed by atoms with Gasteiger partial charge in [0.25, 0.3) is 0 Å². The topological polar surface area (TPSA) is 0 Å². The van der Waals surface area contributed by atoms with Crippen LogP contribution in [0.4, 0.5) is 0 Å². The Hall–Kier alpha value is -4.16. The van der Waals surface area contributed by atoms with Gasteiger partial charge in [-0.05, 0) is 27.8 Å². The molecule has 0 aliphatic heterocycles. The minimum Gasteiger partial charge on any atom is -0.0991 e. The van der Waals surface area contributed by atoms with Gasteiger partial charge in [0.15, 0.2) is 0 Å². The Morgan fingerprint density at radius 3 is 1.53 bits per heavy atom. The highest BCUT2D eigenvalue weighted by Crippen LogP contribution is 2.23. The molecule has 0 nitrogen and oxygen atoms in total. The van der Waals surface area contributed by atoms with E-state index in [2.05, 4.69) is 68.3 Å². The lowest BCUT2D eigenvalue weighted by molar-refractivity contribution is 1.58. The first-order valence-electron chi connectivity index (χ1n) is 10.6. The monoisotopic (exact) mass is 414 g/mol. The number of hydrogen-bond acceptors (Lipinski definition) is 0. The van der Waals surface area contributed by atoms with E-state index >= 15 is 0 Å².